The van der Waals surface area contributed by atoms with Gasteiger partial charge >= 0.3 is 13.3 Å². The molecule has 0 radical (unpaired) electrons. The van der Waals surface area contributed by atoms with E-state index in [-0.39, 0.29) is 6.16 Å². The molecule has 1 aromatic heterocycles. The van der Waals surface area contributed by atoms with Gasteiger partial charge in [-0.3, -0.25) is 18.9 Å². The Balaban J connectivity index is 2.16. The van der Waals surface area contributed by atoms with Gasteiger partial charge in [0.05, 0.1) is 12.3 Å². The number of hydrogen-bond donors (Lipinski definition) is 1. The van der Waals surface area contributed by atoms with Crippen molar-refractivity contribution < 1.29 is 18.3 Å². The summed E-state index contributed by atoms with van der Waals surface area (Å²) in [7, 11) is -0.595. The summed E-state index contributed by atoms with van der Waals surface area (Å²) < 4.78 is 28.6. The van der Waals surface area contributed by atoms with Crippen LogP contribution in [0.1, 0.15) is 11.8 Å². The van der Waals surface area contributed by atoms with Crippen LogP contribution in [0.5, 0.6) is 0 Å². The molecule has 0 fully saturated rings. The number of aryl methyl sites for hydroxylation is 1. The third-order valence-corrected chi connectivity index (χ3v) is 5.10. The van der Waals surface area contributed by atoms with E-state index in [9.17, 15) is 14.2 Å². The third kappa shape index (κ3) is 3.41. The van der Waals surface area contributed by atoms with Crippen LogP contribution in [0.15, 0.2) is 27.9 Å². The number of nitrogens with zero attached hydrogens (tertiary/aromatic N) is 1. The number of aromatic nitrogens is 2. The summed E-state index contributed by atoms with van der Waals surface area (Å²) in [5.41, 5.74) is -0.602. The Morgan fingerprint density at radius 3 is 2.62 bits per heavy atom. The zero-order valence-electron chi connectivity index (χ0n) is 11.9. The number of rotatable bonds is 5. The lowest BCUT2D eigenvalue weighted by atomic mass is 10.3. The normalized spacial score (nSPS) is 21.9. The molecule has 1 N–H and O–H groups in total. The van der Waals surface area contributed by atoms with Gasteiger partial charge in [-0.1, -0.05) is 6.08 Å². The predicted molar refractivity (Wildman–Crippen MR) is 75.6 cm³/mol. The number of ether oxygens (including phenoxy) is 1. The number of aromatic amines is 1. The number of H-pyrrole nitrogens is 1. The van der Waals surface area contributed by atoms with Crippen LogP contribution >= 0.6 is 7.60 Å². The first-order valence-corrected chi connectivity index (χ1v) is 7.97. The average Bonchev–Trinajstić information content (AvgIpc) is 2.90. The molecule has 0 saturated heterocycles. The minimum Gasteiger partial charge on any atom is -0.346 e. The Morgan fingerprint density at radius 2 is 2.00 bits per heavy atom. The summed E-state index contributed by atoms with van der Waals surface area (Å²) in [4.78, 5) is 25.3. The second kappa shape index (κ2) is 6.11. The lowest BCUT2D eigenvalue weighted by Gasteiger charge is -2.19. The van der Waals surface area contributed by atoms with Gasteiger partial charge in [0, 0.05) is 26.0 Å². The Kier molecular flexibility index (Phi) is 4.63. The molecule has 2 rings (SSSR count). The van der Waals surface area contributed by atoms with E-state index in [2.05, 4.69) is 4.98 Å². The standard InChI is InChI=1S/C12H17N2O6P/c1-8-6-14(12(16)13-11(8)15)10-5-4-9(20-10)7-21(17,18-2)19-3/h4-6,9-10H,7H2,1-3H3,(H,13,15,16)/t9-,10+/m0/s1. The Labute approximate surface area is 120 Å². The van der Waals surface area contributed by atoms with Crippen molar-refractivity contribution in [2.75, 3.05) is 20.4 Å². The summed E-state index contributed by atoms with van der Waals surface area (Å²) in [5.74, 6) is 0. The van der Waals surface area contributed by atoms with Crippen molar-refractivity contribution in [3.8, 4) is 0 Å². The van der Waals surface area contributed by atoms with Crippen LogP contribution in [0.2, 0.25) is 0 Å². The van der Waals surface area contributed by atoms with Crippen molar-refractivity contribution in [2.45, 2.75) is 19.3 Å². The average molecular weight is 316 g/mol. The van der Waals surface area contributed by atoms with E-state index in [1.54, 1.807) is 19.1 Å². The molecule has 0 aliphatic carbocycles. The van der Waals surface area contributed by atoms with Gasteiger partial charge in [0.1, 0.15) is 0 Å². The van der Waals surface area contributed by atoms with Gasteiger partial charge in [0.2, 0.25) is 0 Å². The van der Waals surface area contributed by atoms with Gasteiger partial charge < -0.3 is 13.8 Å². The number of nitrogens with one attached hydrogen (secondary N) is 1. The lowest BCUT2D eigenvalue weighted by Crippen LogP contribution is -2.33. The first-order chi connectivity index (χ1) is 9.88. The van der Waals surface area contributed by atoms with Gasteiger partial charge in [0.15, 0.2) is 6.23 Å². The van der Waals surface area contributed by atoms with Crippen LogP contribution in [0.3, 0.4) is 0 Å². The Bertz CT molecular complexity index is 698. The summed E-state index contributed by atoms with van der Waals surface area (Å²) >= 11 is 0. The van der Waals surface area contributed by atoms with Crippen LogP contribution in [0.4, 0.5) is 0 Å². The minimum atomic E-state index is -3.20. The second-order valence-corrected chi connectivity index (χ2v) is 6.90. The third-order valence-electron chi connectivity index (χ3n) is 3.18. The molecule has 0 bridgehead atoms. The van der Waals surface area contributed by atoms with E-state index >= 15 is 0 Å². The van der Waals surface area contributed by atoms with Crippen LogP contribution < -0.4 is 11.2 Å². The van der Waals surface area contributed by atoms with Gasteiger partial charge in [0.25, 0.3) is 5.56 Å². The molecule has 116 valence electrons. The van der Waals surface area contributed by atoms with E-state index < -0.39 is 31.2 Å². The molecule has 0 unspecified atom stereocenters. The molecule has 21 heavy (non-hydrogen) atoms. The smallest absolute Gasteiger partial charge is 0.333 e. The maximum Gasteiger partial charge on any atom is 0.333 e. The van der Waals surface area contributed by atoms with E-state index in [0.29, 0.717) is 5.56 Å². The molecule has 0 spiro atoms. The SMILES string of the molecule is COP(=O)(C[C@@H]1C=C[C@H](n2cc(C)c(=O)[nH]c2=O)O1)OC. The molecule has 1 aliphatic heterocycles. The van der Waals surface area contributed by atoms with Gasteiger partial charge in [-0.05, 0) is 13.0 Å². The molecule has 1 aromatic rings. The zero-order chi connectivity index (χ0) is 15.6. The molecule has 2 atom stereocenters. The monoisotopic (exact) mass is 316 g/mol. The molecule has 0 amide bonds. The van der Waals surface area contributed by atoms with Crippen LogP contribution in [-0.4, -0.2) is 36.0 Å². The molecular weight excluding hydrogens is 299 g/mol. The Hall–Kier alpha value is -1.47. The van der Waals surface area contributed by atoms with Crippen LogP contribution in [-0.2, 0) is 18.3 Å². The molecule has 2 heterocycles. The van der Waals surface area contributed by atoms with Crippen molar-refractivity contribution in [3.63, 3.8) is 0 Å². The summed E-state index contributed by atoms with van der Waals surface area (Å²) in [5, 5.41) is 0. The minimum absolute atomic E-state index is 0.0457. The molecule has 8 nitrogen and oxygen atoms in total. The van der Waals surface area contributed by atoms with Gasteiger partial charge in [-0.2, -0.15) is 0 Å². The second-order valence-electron chi connectivity index (χ2n) is 4.59. The predicted octanol–water partition coefficient (Wildman–Crippen LogP) is 0.785. The summed E-state index contributed by atoms with van der Waals surface area (Å²) in [6.07, 6.45) is 3.64. The highest BCUT2D eigenvalue weighted by atomic mass is 31.2. The molecule has 1 aliphatic rings. The highest BCUT2D eigenvalue weighted by molar-refractivity contribution is 7.53. The fourth-order valence-electron chi connectivity index (χ4n) is 1.97. The largest absolute Gasteiger partial charge is 0.346 e. The lowest BCUT2D eigenvalue weighted by molar-refractivity contribution is 0.0232. The molecule has 0 saturated carbocycles. The summed E-state index contributed by atoms with van der Waals surface area (Å²) in [6.45, 7) is 1.59. The maximum absolute atomic E-state index is 12.0. The summed E-state index contributed by atoms with van der Waals surface area (Å²) in [6, 6.07) is 0. The van der Waals surface area contributed by atoms with Crippen molar-refractivity contribution in [1.82, 2.24) is 9.55 Å². The Morgan fingerprint density at radius 1 is 1.33 bits per heavy atom. The quantitative estimate of drug-likeness (QED) is 0.636. The molecule has 0 aromatic carbocycles. The van der Waals surface area contributed by atoms with Gasteiger partial charge in [-0.25, -0.2) is 4.79 Å². The highest BCUT2D eigenvalue weighted by Gasteiger charge is 2.31. The fourth-order valence-corrected chi connectivity index (χ4v) is 3.07. The molecular formula is C12H17N2O6P. The van der Waals surface area contributed by atoms with Crippen molar-refractivity contribution >= 4 is 7.60 Å². The molecule has 9 heteroatoms. The topological polar surface area (TPSA) is 99.6 Å². The number of hydrogen-bond acceptors (Lipinski definition) is 6. The van der Waals surface area contributed by atoms with Crippen molar-refractivity contribution in [1.29, 1.82) is 0 Å². The van der Waals surface area contributed by atoms with E-state index in [4.69, 9.17) is 13.8 Å². The van der Waals surface area contributed by atoms with E-state index in [1.807, 2.05) is 0 Å². The fraction of sp³-hybridized carbons (Fsp3) is 0.500. The van der Waals surface area contributed by atoms with E-state index in [1.165, 1.54) is 25.0 Å². The van der Waals surface area contributed by atoms with Gasteiger partial charge in [-0.15, -0.1) is 0 Å². The first kappa shape index (κ1) is 15.9. The van der Waals surface area contributed by atoms with E-state index in [0.717, 1.165) is 0 Å². The maximum atomic E-state index is 12.0. The first-order valence-electron chi connectivity index (χ1n) is 6.25. The van der Waals surface area contributed by atoms with Crippen molar-refractivity contribution in [3.05, 3.63) is 44.8 Å². The van der Waals surface area contributed by atoms with Crippen LogP contribution in [0.25, 0.3) is 0 Å². The highest BCUT2D eigenvalue weighted by Crippen LogP contribution is 2.48. The van der Waals surface area contributed by atoms with Crippen LogP contribution in [0, 0.1) is 6.92 Å². The van der Waals surface area contributed by atoms with Crippen molar-refractivity contribution in [2.24, 2.45) is 0 Å². The zero-order valence-corrected chi connectivity index (χ0v) is 12.8.